The topological polar surface area (TPSA) is 12.4 Å². The molecule has 1 saturated carbocycles. The highest BCUT2D eigenvalue weighted by atomic mass is 14.7. The van der Waals surface area contributed by atoms with Crippen LogP contribution < -0.4 is 0 Å². The van der Waals surface area contributed by atoms with Crippen molar-refractivity contribution in [2.24, 2.45) is 10.9 Å². The number of hydrogen-bond donors (Lipinski definition) is 0. The molecule has 1 aliphatic carbocycles. The maximum Gasteiger partial charge on any atom is 0.0884 e. The lowest BCUT2D eigenvalue weighted by molar-refractivity contribution is 0.430. The molecule has 2 aromatic carbocycles. The number of hydrogen-bond acceptors (Lipinski definition) is 1. The zero-order valence-electron chi connectivity index (χ0n) is 14.7. The Morgan fingerprint density at radius 2 is 1.67 bits per heavy atom. The summed E-state index contributed by atoms with van der Waals surface area (Å²) in [5.74, 6) is 3.91. The van der Waals surface area contributed by atoms with Gasteiger partial charge in [-0.15, -0.1) is 0 Å². The fourth-order valence-electron chi connectivity index (χ4n) is 3.31. The zero-order valence-corrected chi connectivity index (χ0v) is 14.7. The predicted molar refractivity (Wildman–Crippen MR) is 102 cm³/mol. The predicted octanol–water partition coefficient (Wildman–Crippen LogP) is 5.68. The van der Waals surface area contributed by atoms with Gasteiger partial charge in [0.15, 0.2) is 0 Å². The minimum Gasteiger partial charge on any atom is -0.197 e. The van der Waals surface area contributed by atoms with Crippen LogP contribution in [0.5, 0.6) is 0 Å². The molecule has 1 nitrogen and oxygen atoms in total. The molecule has 3 rings (SSSR count). The minimum absolute atomic E-state index is 0.526. The van der Waals surface area contributed by atoms with Crippen LogP contribution in [0.4, 0.5) is 0 Å². The molecular formula is C23H25N. The molecule has 0 aromatic heterocycles. The molecule has 0 bridgehead atoms. The van der Waals surface area contributed by atoms with Gasteiger partial charge in [0, 0.05) is 23.1 Å². The van der Waals surface area contributed by atoms with Gasteiger partial charge in [-0.3, -0.25) is 0 Å². The van der Waals surface area contributed by atoms with Crippen LogP contribution >= 0.6 is 0 Å². The van der Waals surface area contributed by atoms with Gasteiger partial charge in [-0.05, 0) is 37.8 Å². The largest absolute Gasteiger partial charge is 0.197 e. The van der Waals surface area contributed by atoms with E-state index in [0.29, 0.717) is 5.92 Å². The summed E-state index contributed by atoms with van der Waals surface area (Å²) >= 11 is 0. The third kappa shape index (κ3) is 3.95. The Balaban J connectivity index is 1.98. The standard InChI is InChI=1S/C23H25N/c1-18-10-9-15-22(19(18)2)23(21-13-7-4-8-14-21)24-17-16-20-11-5-3-6-12-20/h4,7-10,13-15,20H,3,5-6,11-12H2,1-2H3. The Hall–Kier alpha value is -2.33. The van der Waals surface area contributed by atoms with Crippen LogP contribution in [0.3, 0.4) is 0 Å². The normalized spacial score (nSPS) is 15.7. The first kappa shape index (κ1) is 16.5. The maximum absolute atomic E-state index is 4.72. The third-order valence-electron chi connectivity index (χ3n) is 4.95. The first-order chi connectivity index (χ1) is 11.8. The Kier molecular flexibility index (Phi) is 5.49. The van der Waals surface area contributed by atoms with Crippen molar-refractivity contribution in [3.05, 3.63) is 70.8 Å². The zero-order chi connectivity index (χ0) is 16.8. The highest BCUT2D eigenvalue weighted by Crippen LogP contribution is 2.23. The van der Waals surface area contributed by atoms with E-state index in [4.69, 9.17) is 4.99 Å². The summed E-state index contributed by atoms with van der Waals surface area (Å²) < 4.78 is 0. The summed E-state index contributed by atoms with van der Waals surface area (Å²) in [6.07, 6.45) is 6.44. The molecule has 1 fully saturated rings. The fourth-order valence-corrected chi connectivity index (χ4v) is 3.31. The van der Waals surface area contributed by atoms with Crippen LogP contribution in [0, 0.1) is 31.7 Å². The third-order valence-corrected chi connectivity index (χ3v) is 4.95. The molecule has 1 aliphatic rings. The molecule has 0 unspecified atom stereocenters. The summed E-state index contributed by atoms with van der Waals surface area (Å²) in [5, 5.41) is 0. The molecule has 24 heavy (non-hydrogen) atoms. The Morgan fingerprint density at radius 3 is 2.42 bits per heavy atom. The molecular weight excluding hydrogens is 290 g/mol. The lowest BCUT2D eigenvalue weighted by atomic mass is 9.90. The van der Waals surface area contributed by atoms with Crippen molar-refractivity contribution in [3.8, 4) is 12.0 Å². The first-order valence-corrected chi connectivity index (χ1v) is 8.96. The van der Waals surface area contributed by atoms with E-state index in [-0.39, 0.29) is 0 Å². The van der Waals surface area contributed by atoms with Crippen LogP contribution in [-0.4, -0.2) is 5.71 Å². The number of nitrogens with zero attached hydrogens (tertiary/aromatic N) is 1. The van der Waals surface area contributed by atoms with Gasteiger partial charge in [-0.2, -0.15) is 4.99 Å². The highest BCUT2D eigenvalue weighted by molar-refractivity contribution is 6.14. The van der Waals surface area contributed by atoms with E-state index >= 15 is 0 Å². The number of benzene rings is 2. The summed E-state index contributed by atoms with van der Waals surface area (Å²) in [6.45, 7) is 4.31. The number of rotatable bonds is 2. The minimum atomic E-state index is 0.526. The number of aliphatic imine (C=N–C) groups is 1. The van der Waals surface area contributed by atoms with Gasteiger partial charge in [0.25, 0.3) is 0 Å². The molecule has 0 amide bonds. The van der Waals surface area contributed by atoms with Gasteiger partial charge in [0.05, 0.1) is 5.71 Å². The van der Waals surface area contributed by atoms with Crippen molar-refractivity contribution < 1.29 is 0 Å². The Labute approximate surface area is 145 Å². The lowest BCUT2D eigenvalue weighted by Crippen LogP contribution is -2.06. The quantitative estimate of drug-likeness (QED) is 0.499. The van der Waals surface area contributed by atoms with Crippen molar-refractivity contribution in [2.45, 2.75) is 46.0 Å². The van der Waals surface area contributed by atoms with Crippen LogP contribution in [0.2, 0.25) is 0 Å². The second kappa shape index (κ2) is 7.97. The summed E-state index contributed by atoms with van der Waals surface area (Å²) in [6, 6.07) is 19.9. The molecule has 0 spiro atoms. The average molecular weight is 315 g/mol. The van der Waals surface area contributed by atoms with E-state index in [1.54, 1.807) is 0 Å². The van der Waals surface area contributed by atoms with Crippen molar-refractivity contribution in [3.63, 3.8) is 0 Å². The summed E-state index contributed by atoms with van der Waals surface area (Å²) in [4.78, 5) is 4.72. The number of aryl methyl sites for hydroxylation is 1. The van der Waals surface area contributed by atoms with Crippen LogP contribution in [-0.2, 0) is 0 Å². The molecule has 0 heterocycles. The van der Waals surface area contributed by atoms with Gasteiger partial charge in [-0.1, -0.05) is 73.7 Å². The molecule has 2 aromatic rings. The van der Waals surface area contributed by atoms with Crippen molar-refractivity contribution >= 4 is 5.71 Å². The highest BCUT2D eigenvalue weighted by Gasteiger charge is 2.12. The second-order valence-corrected chi connectivity index (χ2v) is 6.66. The van der Waals surface area contributed by atoms with E-state index in [1.807, 2.05) is 6.07 Å². The van der Waals surface area contributed by atoms with Gasteiger partial charge >= 0.3 is 0 Å². The van der Waals surface area contributed by atoms with Gasteiger partial charge in [0.2, 0.25) is 0 Å². The van der Waals surface area contributed by atoms with Crippen molar-refractivity contribution in [1.29, 1.82) is 0 Å². The molecule has 0 aliphatic heterocycles. The van der Waals surface area contributed by atoms with E-state index < -0.39 is 0 Å². The maximum atomic E-state index is 4.72. The van der Waals surface area contributed by atoms with E-state index in [2.05, 4.69) is 68.3 Å². The monoisotopic (exact) mass is 315 g/mol. The van der Waals surface area contributed by atoms with Crippen LogP contribution in [0.25, 0.3) is 0 Å². The fraction of sp³-hybridized carbons (Fsp3) is 0.348. The molecule has 0 radical (unpaired) electrons. The van der Waals surface area contributed by atoms with Gasteiger partial charge in [-0.25, -0.2) is 0 Å². The van der Waals surface area contributed by atoms with E-state index in [0.717, 1.165) is 11.3 Å². The molecule has 0 atom stereocenters. The molecule has 1 heteroatoms. The van der Waals surface area contributed by atoms with Crippen molar-refractivity contribution in [1.82, 2.24) is 0 Å². The summed E-state index contributed by atoms with van der Waals surface area (Å²) in [5.41, 5.74) is 5.86. The van der Waals surface area contributed by atoms with Crippen LogP contribution in [0.15, 0.2) is 53.5 Å². The first-order valence-electron chi connectivity index (χ1n) is 8.96. The Bertz CT molecular complexity index is 769. The molecule has 0 N–H and O–H groups in total. The second-order valence-electron chi connectivity index (χ2n) is 6.66. The summed E-state index contributed by atoms with van der Waals surface area (Å²) in [7, 11) is 0. The Morgan fingerprint density at radius 1 is 0.917 bits per heavy atom. The lowest BCUT2D eigenvalue weighted by Gasteiger charge is -2.15. The van der Waals surface area contributed by atoms with Crippen molar-refractivity contribution in [2.75, 3.05) is 0 Å². The van der Waals surface area contributed by atoms with Gasteiger partial charge in [0.1, 0.15) is 0 Å². The SMILES string of the molecule is Cc1cccc(C(=NC#CC2CCCCC2)c2ccccc2)c1C. The molecule has 0 saturated heterocycles. The van der Waals surface area contributed by atoms with Gasteiger partial charge < -0.3 is 0 Å². The average Bonchev–Trinajstić information content (AvgIpc) is 2.63. The van der Waals surface area contributed by atoms with E-state index in [9.17, 15) is 0 Å². The smallest absolute Gasteiger partial charge is 0.0884 e. The molecule has 122 valence electrons. The van der Waals surface area contributed by atoms with E-state index in [1.165, 1.54) is 48.8 Å². The van der Waals surface area contributed by atoms with Crippen LogP contribution in [0.1, 0.15) is 54.4 Å².